The number of carboxylic acid groups (broad SMARTS) is 1. The van der Waals surface area contributed by atoms with Gasteiger partial charge >= 0.3 is 5.97 Å². The lowest BCUT2D eigenvalue weighted by molar-refractivity contribution is -0.150. The van der Waals surface area contributed by atoms with E-state index in [0.29, 0.717) is 22.1 Å². The van der Waals surface area contributed by atoms with Crippen molar-refractivity contribution < 1.29 is 19.4 Å². The number of hydrogen-bond acceptors (Lipinski definition) is 4. The van der Waals surface area contributed by atoms with Crippen molar-refractivity contribution >= 4 is 34.8 Å². The number of aliphatic carboxylic acids is 1. The third-order valence-electron chi connectivity index (χ3n) is 3.89. The maximum absolute atomic E-state index is 12.3. The zero-order chi connectivity index (χ0) is 13.8. The number of halogens is 1. The molecule has 1 aliphatic heterocycles. The van der Waals surface area contributed by atoms with Crippen LogP contribution in [0.15, 0.2) is 12.1 Å². The maximum Gasteiger partial charge on any atom is 0.329 e. The second-order valence-corrected chi connectivity index (χ2v) is 6.64. The van der Waals surface area contributed by atoms with E-state index >= 15 is 0 Å². The van der Waals surface area contributed by atoms with E-state index in [4.69, 9.17) is 16.3 Å². The first-order valence-corrected chi connectivity index (χ1v) is 7.06. The molecule has 2 fully saturated rings. The molecule has 1 aliphatic carbocycles. The monoisotopic (exact) mass is 301 g/mol. The van der Waals surface area contributed by atoms with Crippen LogP contribution >= 0.6 is 22.9 Å². The summed E-state index contributed by atoms with van der Waals surface area (Å²) >= 11 is 6.96. The van der Waals surface area contributed by atoms with E-state index in [9.17, 15) is 14.7 Å². The molecule has 2 aliphatic rings. The van der Waals surface area contributed by atoms with E-state index in [1.807, 2.05) is 0 Å². The molecule has 2 heterocycles. The summed E-state index contributed by atoms with van der Waals surface area (Å²) in [5.41, 5.74) is -1.15. The summed E-state index contributed by atoms with van der Waals surface area (Å²) in [5.74, 6) is -1.28. The molecule has 1 aromatic heterocycles. The van der Waals surface area contributed by atoms with Gasteiger partial charge in [-0.25, -0.2) is 4.79 Å². The van der Waals surface area contributed by atoms with Crippen molar-refractivity contribution in [1.82, 2.24) is 4.90 Å². The Morgan fingerprint density at radius 3 is 2.58 bits per heavy atom. The van der Waals surface area contributed by atoms with Crippen LogP contribution in [0.2, 0.25) is 4.34 Å². The fraction of sp³-hybridized carbons (Fsp3) is 0.500. The van der Waals surface area contributed by atoms with Gasteiger partial charge in [-0.15, -0.1) is 11.3 Å². The number of rotatable bonds is 3. The van der Waals surface area contributed by atoms with Gasteiger partial charge in [0.15, 0.2) is 0 Å². The highest BCUT2D eigenvalue weighted by molar-refractivity contribution is 7.17. The van der Waals surface area contributed by atoms with Crippen LogP contribution in [0.3, 0.4) is 0 Å². The number of thiophene rings is 1. The summed E-state index contributed by atoms with van der Waals surface area (Å²) in [4.78, 5) is 25.7. The van der Waals surface area contributed by atoms with Crippen LogP contribution in [0.1, 0.15) is 22.5 Å². The predicted octanol–water partition coefficient (Wildman–Crippen LogP) is 1.86. The van der Waals surface area contributed by atoms with E-state index in [2.05, 4.69) is 0 Å². The number of nitrogens with zero attached hydrogens (tertiary/aromatic N) is 1. The number of hydrogen-bond donors (Lipinski definition) is 1. The quantitative estimate of drug-likeness (QED) is 0.865. The van der Waals surface area contributed by atoms with Crippen LogP contribution in [-0.4, -0.2) is 46.7 Å². The molecule has 0 bridgehead atoms. The van der Waals surface area contributed by atoms with Gasteiger partial charge in [0.1, 0.15) is 5.54 Å². The maximum atomic E-state index is 12.3. The van der Waals surface area contributed by atoms with Gasteiger partial charge in [0.05, 0.1) is 21.4 Å². The van der Waals surface area contributed by atoms with Gasteiger partial charge in [-0.05, 0) is 12.1 Å². The molecule has 0 aromatic carbocycles. The Morgan fingerprint density at radius 1 is 1.47 bits per heavy atom. The van der Waals surface area contributed by atoms with Gasteiger partial charge in [0, 0.05) is 19.9 Å². The van der Waals surface area contributed by atoms with Crippen molar-refractivity contribution in [1.29, 1.82) is 0 Å². The van der Waals surface area contributed by atoms with Crippen molar-refractivity contribution in [2.24, 2.45) is 0 Å². The SMILES string of the molecule is CN(C(=O)c1ccc(Cl)s1)C1(C(=O)O)CC2OC2C1. The molecule has 7 heteroatoms. The second kappa shape index (κ2) is 4.19. The minimum atomic E-state index is -1.15. The molecule has 3 rings (SSSR count). The van der Waals surface area contributed by atoms with Gasteiger partial charge in [-0.1, -0.05) is 11.6 Å². The third-order valence-corrected chi connectivity index (χ3v) is 5.11. The number of carbonyl (C=O) groups excluding carboxylic acids is 1. The molecule has 2 unspecified atom stereocenters. The first kappa shape index (κ1) is 12.9. The highest BCUT2D eigenvalue weighted by Crippen LogP contribution is 2.47. The van der Waals surface area contributed by atoms with E-state index in [0.717, 1.165) is 11.3 Å². The summed E-state index contributed by atoms with van der Waals surface area (Å²) in [7, 11) is 1.54. The first-order chi connectivity index (χ1) is 8.94. The molecule has 2 atom stereocenters. The fourth-order valence-electron chi connectivity index (χ4n) is 2.67. The third kappa shape index (κ3) is 1.94. The van der Waals surface area contributed by atoms with Crippen LogP contribution in [-0.2, 0) is 9.53 Å². The Kier molecular flexibility index (Phi) is 2.85. The number of amides is 1. The van der Waals surface area contributed by atoms with Crippen molar-refractivity contribution in [3.05, 3.63) is 21.3 Å². The molecule has 102 valence electrons. The van der Waals surface area contributed by atoms with E-state index in [1.165, 1.54) is 11.9 Å². The number of carboxylic acids is 1. The van der Waals surface area contributed by atoms with Crippen molar-refractivity contribution in [3.8, 4) is 0 Å². The zero-order valence-electron chi connectivity index (χ0n) is 10.1. The van der Waals surface area contributed by atoms with Crippen LogP contribution in [0.25, 0.3) is 0 Å². The van der Waals surface area contributed by atoms with Crippen LogP contribution < -0.4 is 0 Å². The molecule has 1 saturated heterocycles. The second-order valence-electron chi connectivity index (χ2n) is 4.93. The average molecular weight is 302 g/mol. The molecule has 1 saturated carbocycles. The molecule has 1 amide bonds. The number of ether oxygens (including phenoxy) is 1. The minimum Gasteiger partial charge on any atom is -0.479 e. The van der Waals surface area contributed by atoms with Crippen LogP contribution in [0.5, 0.6) is 0 Å². The Hall–Kier alpha value is -1.11. The van der Waals surface area contributed by atoms with Gasteiger partial charge in [-0.2, -0.15) is 0 Å². The Labute approximate surface area is 118 Å². The molecular formula is C12H12ClNO4S. The first-order valence-electron chi connectivity index (χ1n) is 5.86. The Balaban J connectivity index is 1.87. The standard InChI is InChI=1S/C12H12ClNO4S/c1-14(10(15)8-2-3-9(13)19-8)12(11(16)17)4-6-7(5-12)18-6/h2-3,6-7H,4-5H2,1H3,(H,16,17). The number of carbonyl (C=O) groups is 2. The lowest BCUT2D eigenvalue weighted by Gasteiger charge is -2.35. The molecular weight excluding hydrogens is 290 g/mol. The lowest BCUT2D eigenvalue weighted by Crippen LogP contribution is -2.54. The van der Waals surface area contributed by atoms with Crippen molar-refractivity contribution in [2.45, 2.75) is 30.6 Å². The largest absolute Gasteiger partial charge is 0.479 e. The van der Waals surface area contributed by atoms with E-state index in [1.54, 1.807) is 12.1 Å². The molecule has 0 radical (unpaired) electrons. The molecule has 5 nitrogen and oxygen atoms in total. The van der Waals surface area contributed by atoms with E-state index in [-0.39, 0.29) is 18.1 Å². The molecule has 1 aromatic rings. The zero-order valence-corrected chi connectivity index (χ0v) is 11.7. The predicted molar refractivity (Wildman–Crippen MR) is 69.7 cm³/mol. The van der Waals surface area contributed by atoms with Crippen LogP contribution in [0.4, 0.5) is 0 Å². The smallest absolute Gasteiger partial charge is 0.329 e. The van der Waals surface area contributed by atoms with Gasteiger partial charge in [0.2, 0.25) is 0 Å². The summed E-state index contributed by atoms with van der Waals surface area (Å²) in [6.45, 7) is 0. The Bertz CT molecular complexity index is 548. The van der Waals surface area contributed by atoms with Gasteiger partial charge < -0.3 is 14.7 Å². The average Bonchev–Trinajstić information content (AvgIpc) is 2.79. The molecule has 19 heavy (non-hydrogen) atoms. The highest BCUT2D eigenvalue weighted by atomic mass is 35.5. The van der Waals surface area contributed by atoms with Gasteiger partial charge in [-0.3, -0.25) is 4.79 Å². The summed E-state index contributed by atoms with van der Waals surface area (Å²) in [6, 6.07) is 3.25. The van der Waals surface area contributed by atoms with Gasteiger partial charge in [0.25, 0.3) is 5.91 Å². The normalized spacial score (nSPS) is 31.9. The summed E-state index contributed by atoms with van der Waals surface area (Å²) in [6.07, 6.45) is 0.680. The summed E-state index contributed by atoms with van der Waals surface area (Å²) in [5, 5.41) is 9.50. The molecule has 0 spiro atoms. The number of likely N-dealkylation sites (N-methyl/N-ethyl adjacent to an activating group) is 1. The van der Waals surface area contributed by atoms with E-state index < -0.39 is 11.5 Å². The lowest BCUT2D eigenvalue weighted by atomic mass is 9.94. The fourth-order valence-corrected chi connectivity index (χ4v) is 3.69. The highest BCUT2D eigenvalue weighted by Gasteiger charge is 2.62. The topological polar surface area (TPSA) is 70.1 Å². The number of fused-ring (bicyclic) bond motifs is 1. The number of epoxide rings is 1. The molecule has 1 N–H and O–H groups in total. The van der Waals surface area contributed by atoms with Crippen molar-refractivity contribution in [2.75, 3.05) is 7.05 Å². The van der Waals surface area contributed by atoms with Crippen LogP contribution in [0, 0.1) is 0 Å². The van der Waals surface area contributed by atoms with Crippen molar-refractivity contribution in [3.63, 3.8) is 0 Å². The summed E-state index contributed by atoms with van der Waals surface area (Å²) < 4.78 is 5.79. The minimum absolute atomic E-state index is 0.0155. The Morgan fingerprint density at radius 2 is 2.11 bits per heavy atom.